The molecule has 31 heavy (non-hydrogen) atoms. The molecule has 0 atom stereocenters. The molecule has 0 aliphatic carbocycles. The van der Waals surface area contributed by atoms with Crippen LogP contribution in [-0.4, -0.2) is 18.0 Å². The second-order valence-electron chi connectivity index (χ2n) is 7.38. The molecule has 5 heteroatoms. The first-order valence-electron chi connectivity index (χ1n) is 10.1. The lowest BCUT2D eigenvalue weighted by Gasteiger charge is -2.13. The van der Waals surface area contributed by atoms with Crippen molar-refractivity contribution in [1.82, 2.24) is 10.3 Å². The van der Waals surface area contributed by atoms with E-state index in [4.69, 9.17) is 9.15 Å². The highest BCUT2D eigenvalue weighted by molar-refractivity contribution is 6.01. The van der Waals surface area contributed by atoms with Gasteiger partial charge in [-0.25, -0.2) is 0 Å². The highest BCUT2D eigenvalue weighted by Crippen LogP contribution is 2.40. The Kier molecular flexibility index (Phi) is 5.85. The van der Waals surface area contributed by atoms with Gasteiger partial charge < -0.3 is 14.5 Å². The van der Waals surface area contributed by atoms with Crippen molar-refractivity contribution in [3.8, 4) is 16.9 Å². The Balaban J connectivity index is 1.70. The summed E-state index contributed by atoms with van der Waals surface area (Å²) >= 11 is 0. The molecule has 0 radical (unpaired) electrons. The van der Waals surface area contributed by atoms with Gasteiger partial charge >= 0.3 is 0 Å². The van der Waals surface area contributed by atoms with Gasteiger partial charge in [0.1, 0.15) is 11.3 Å². The SMILES string of the molecule is COc1c(/C(C)=C/C(=O)NCc2cccnc2)cc2c(-c3ccccc3)coc2c1C. The maximum atomic E-state index is 12.5. The number of nitrogens with zero attached hydrogens (tertiary/aromatic N) is 1. The Morgan fingerprint density at radius 2 is 2.00 bits per heavy atom. The van der Waals surface area contributed by atoms with Crippen LogP contribution in [0.5, 0.6) is 5.75 Å². The second-order valence-corrected chi connectivity index (χ2v) is 7.38. The summed E-state index contributed by atoms with van der Waals surface area (Å²) in [7, 11) is 1.63. The van der Waals surface area contributed by atoms with Gasteiger partial charge in [-0.1, -0.05) is 36.4 Å². The summed E-state index contributed by atoms with van der Waals surface area (Å²) in [5.74, 6) is 0.534. The van der Waals surface area contributed by atoms with Crippen molar-refractivity contribution < 1.29 is 13.9 Å². The first kappa shape index (κ1) is 20.4. The number of ether oxygens (including phenoxy) is 1. The van der Waals surface area contributed by atoms with Gasteiger partial charge in [-0.3, -0.25) is 9.78 Å². The third kappa shape index (κ3) is 4.21. The van der Waals surface area contributed by atoms with Crippen LogP contribution < -0.4 is 10.1 Å². The molecule has 5 nitrogen and oxygen atoms in total. The van der Waals surface area contributed by atoms with Crippen molar-refractivity contribution in [3.05, 3.63) is 90.0 Å². The fourth-order valence-electron chi connectivity index (χ4n) is 3.73. The summed E-state index contributed by atoms with van der Waals surface area (Å²) < 4.78 is 11.6. The van der Waals surface area contributed by atoms with E-state index >= 15 is 0 Å². The van der Waals surface area contributed by atoms with E-state index in [1.807, 2.05) is 50.2 Å². The molecule has 0 unspecified atom stereocenters. The quantitative estimate of drug-likeness (QED) is 0.423. The minimum atomic E-state index is -0.170. The number of aromatic nitrogens is 1. The van der Waals surface area contributed by atoms with Gasteiger partial charge in [-0.05, 0) is 42.7 Å². The maximum Gasteiger partial charge on any atom is 0.244 e. The lowest BCUT2D eigenvalue weighted by atomic mass is 9.96. The number of fused-ring (bicyclic) bond motifs is 1. The molecule has 0 saturated carbocycles. The van der Waals surface area contributed by atoms with Gasteiger partial charge in [0.15, 0.2) is 0 Å². The summed E-state index contributed by atoms with van der Waals surface area (Å²) in [5, 5.41) is 3.90. The van der Waals surface area contributed by atoms with E-state index < -0.39 is 0 Å². The molecule has 1 N–H and O–H groups in total. The van der Waals surface area contributed by atoms with Crippen LogP contribution in [0.3, 0.4) is 0 Å². The number of allylic oxidation sites excluding steroid dienone is 1. The zero-order valence-corrected chi connectivity index (χ0v) is 17.8. The van der Waals surface area contributed by atoms with Crippen LogP contribution >= 0.6 is 0 Å². The van der Waals surface area contributed by atoms with E-state index in [0.29, 0.717) is 12.3 Å². The number of aryl methyl sites for hydroxylation is 1. The van der Waals surface area contributed by atoms with Crippen molar-refractivity contribution in [3.63, 3.8) is 0 Å². The molecule has 0 fully saturated rings. The number of carbonyl (C=O) groups is 1. The van der Waals surface area contributed by atoms with Crippen molar-refractivity contribution in [2.75, 3.05) is 7.11 Å². The predicted molar refractivity (Wildman–Crippen MR) is 123 cm³/mol. The molecule has 156 valence electrons. The van der Waals surface area contributed by atoms with Crippen LogP contribution in [0.2, 0.25) is 0 Å². The molecule has 0 spiro atoms. The molecule has 4 aromatic rings. The predicted octanol–water partition coefficient (Wildman–Crippen LogP) is 5.53. The summed E-state index contributed by atoms with van der Waals surface area (Å²) in [4.78, 5) is 16.6. The summed E-state index contributed by atoms with van der Waals surface area (Å²) in [6.45, 7) is 4.30. The van der Waals surface area contributed by atoms with Gasteiger partial charge in [0.05, 0.1) is 13.4 Å². The number of carbonyl (C=O) groups excluding carboxylic acids is 1. The maximum absolute atomic E-state index is 12.5. The van der Waals surface area contributed by atoms with E-state index in [2.05, 4.69) is 22.4 Å². The number of amides is 1. The summed E-state index contributed by atoms with van der Waals surface area (Å²) in [6.07, 6.45) is 6.82. The standard InChI is InChI=1S/C26H24N2O3/c1-17(12-24(29)28-15-19-8-7-11-27-14-19)21-13-22-23(20-9-5-4-6-10-20)16-31-26(22)18(2)25(21)30-3/h4-14,16H,15H2,1-3H3,(H,28,29)/b17-12+. The molecule has 2 aromatic carbocycles. The molecule has 1 amide bonds. The van der Waals surface area contributed by atoms with E-state index in [1.165, 1.54) is 0 Å². The molecular formula is C26H24N2O3. The Morgan fingerprint density at radius 1 is 1.19 bits per heavy atom. The normalized spacial score (nSPS) is 11.5. The molecule has 2 aromatic heterocycles. The van der Waals surface area contributed by atoms with Crippen LogP contribution in [0.25, 0.3) is 27.7 Å². The number of hydrogen-bond acceptors (Lipinski definition) is 4. The highest BCUT2D eigenvalue weighted by Gasteiger charge is 2.18. The fourth-order valence-corrected chi connectivity index (χ4v) is 3.73. The van der Waals surface area contributed by atoms with Gasteiger partial charge in [0, 0.05) is 47.1 Å². The first-order valence-corrected chi connectivity index (χ1v) is 10.1. The number of hydrogen-bond donors (Lipinski definition) is 1. The minimum absolute atomic E-state index is 0.170. The van der Waals surface area contributed by atoms with Crippen LogP contribution in [0.15, 0.2) is 77.7 Å². The van der Waals surface area contributed by atoms with Crippen LogP contribution in [0.4, 0.5) is 0 Å². The minimum Gasteiger partial charge on any atom is -0.496 e. The Hall–Kier alpha value is -3.86. The van der Waals surface area contributed by atoms with Crippen molar-refractivity contribution in [2.45, 2.75) is 20.4 Å². The monoisotopic (exact) mass is 412 g/mol. The number of furan rings is 1. The molecule has 2 heterocycles. The fraction of sp³-hybridized carbons (Fsp3) is 0.154. The molecule has 0 saturated heterocycles. The number of nitrogens with one attached hydrogen (secondary N) is 1. The molecular weight excluding hydrogens is 388 g/mol. The van der Waals surface area contributed by atoms with E-state index in [-0.39, 0.29) is 5.91 Å². The smallest absolute Gasteiger partial charge is 0.244 e. The van der Waals surface area contributed by atoms with Gasteiger partial charge in [-0.2, -0.15) is 0 Å². The largest absolute Gasteiger partial charge is 0.496 e. The lowest BCUT2D eigenvalue weighted by molar-refractivity contribution is -0.116. The second kappa shape index (κ2) is 8.88. The van der Waals surface area contributed by atoms with Gasteiger partial charge in [0.25, 0.3) is 0 Å². The zero-order chi connectivity index (χ0) is 21.8. The van der Waals surface area contributed by atoms with E-state index in [0.717, 1.165) is 44.4 Å². The number of benzene rings is 2. The van der Waals surface area contributed by atoms with Crippen molar-refractivity contribution in [1.29, 1.82) is 0 Å². The Labute approximate surface area is 181 Å². The van der Waals surface area contributed by atoms with E-state index in [9.17, 15) is 4.79 Å². The third-order valence-corrected chi connectivity index (χ3v) is 5.29. The van der Waals surface area contributed by atoms with Crippen molar-refractivity contribution >= 4 is 22.4 Å². The molecule has 0 bridgehead atoms. The lowest BCUT2D eigenvalue weighted by Crippen LogP contribution is -2.20. The number of pyridine rings is 1. The van der Waals surface area contributed by atoms with Crippen LogP contribution in [-0.2, 0) is 11.3 Å². The average Bonchev–Trinajstić information content (AvgIpc) is 3.23. The van der Waals surface area contributed by atoms with Crippen molar-refractivity contribution in [2.24, 2.45) is 0 Å². The molecule has 0 aliphatic rings. The summed E-state index contributed by atoms with van der Waals surface area (Å²) in [6, 6.07) is 15.9. The van der Waals surface area contributed by atoms with E-state index in [1.54, 1.807) is 31.8 Å². The number of methoxy groups -OCH3 is 1. The topological polar surface area (TPSA) is 64.4 Å². The third-order valence-electron chi connectivity index (χ3n) is 5.29. The van der Waals surface area contributed by atoms with Gasteiger partial charge in [-0.15, -0.1) is 0 Å². The Morgan fingerprint density at radius 3 is 2.71 bits per heavy atom. The zero-order valence-electron chi connectivity index (χ0n) is 17.8. The average molecular weight is 412 g/mol. The number of rotatable bonds is 6. The summed E-state index contributed by atoms with van der Waals surface area (Å²) in [5.41, 5.74) is 6.40. The molecule has 4 rings (SSSR count). The first-order chi connectivity index (χ1) is 15.1. The van der Waals surface area contributed by atoms with Crippen LogP contribution in [0, 0.1) is 6.92 Å². The highest BCUT2D eigenvalue weighted by atomic mass is 16.5. The van der Waals surface area contributed by atoms with Crippen LogP contribution in [0.1, 0.15) is 23.6 Å². The van der Waals surface area contributed by atoms with Gasteiger partial charge in [0.2, 0.25) is 5.91 Å². The Bertz CT molecular complexity index is 1240. The molecule has 0 aliphatic heterocycles.